The van der Waals surface area contributed by atoms with E-state index in [0.717, 1.165) is 11.3 Å². The van der Waals surface area contributed by atoms with Gasteiger partial charge in [0, 0.05) is 11.7 Å². The maximum absolute atomic E-state index is 11.8. The fourth-order valence-corrected chi connectivity index (χ4v) is 2.18. The third kappa shape index (κ3) is 3.22. The van der Waals surface area contributed by atoms with Crippen LogP contribution in [0.2, 0.25) is 0 Å². The molecule has 1 amide bonds. The molecule has 1 fully saturated rings. The summed E-state index contributed by atoms with van der Waals surface area (Å²) in [6, 6.07) is 7.78. The Kier molecular flexibility index (Phi) is 3.67. The molecule has 0 aliphatic heterocycles. The minimum Gasteiger partial charge on any atom is -0.399 e. The molecule has 17 heavy (non-hydrogen) atoms. The predicted molar refractivity (Wildman–Crippen MR) is 69.5 cm³/mol. The number of hydrogen-bond donors (Lipinski definition) is 2. The molecule has 1 aromatic rings. The van der Waals surface area contributed by atoms with E-state index in [4.69, 9.17) is 5.73 Å². The van der Waals surface area contributed by atoms with Gasteiger partial charge in [-0.05, 0) is 43.4 Å². The van der Waals surface area contributed by atoms with Gasteiger partial charge < -0.3 is 11.1 Å². The van der Waals surface area contributed by atoms with E-state index in [2.05, 4.69) is 12.2 Å². The molecule has 1 atom stereocenters. The van der Waals surface area contributed by atoms with Gasteiger partial charge in [-0.2, -0.15) is 0 Å². The van der Waals surface area contributed by atoms with Crippen molar-refractivity contribution < 1.29 is 4.79 Å². The molecular weight excluding hydrogens is 212 g/mol. The topological polar surface area (TPSA) is 55.1 Å². The second-order valence-corrected chi connectivity index (χ2v) is 4.97. The Morgan fingerprint density at radius 2 is 2.06 bits per heavy atom. The summed E-state index contributed by atoms with van der Waals surface area (Å²) in [6.45, 7) is 2.10. The van der Waals surface area contributed by atoms with E-state index in [-0.39, 0.29) is 5.91 Å². The van der Waals surface area contributed by atoms with Gasteiger partial charge in [-0.25, -0.2) is 0 Å². The standard InChI is InChI=1S/C14H20N2O/c1-10(12-3-2-4-12)16-14(17)9-11-5-7-13(15)8-6-11/h5-8,10,12H,2-4,9,15H2,1H3,(H,16,17). The number of nitrogens with two attached hydrogens (primary N) is 1. The van der Waals surface area contributed by atoms with Crippen LogP contribution in [0.15, 0.2) is 24.3 Å². The van der Waals surface area contributed by atoms with Crippen molar-refractivity contribution in [3.63, 3.8) is 0 Å². The summed E-state index contributed by atoms with van der Waals surface area (Å²) < 4.78 is 0. The molecule has 0 aromatic heterocycles. The number of anilines is 1. The first kappa shape index (κ1) is 12.0. The monoisotopic (exact) mass is 232 g/mol. The molecule has 3 N–H and O–H groups in total. The van der Waals surface area contributed by atoms with Crippen LogP contribution in [0.5, 0.6) is 0 Å². The summed E-state index contributed by atoms with van der Waals surface area (Å²) in [4.78, 5) is 11.8. The minimum absolute atomic E-state index is 0.106. The molecule has 1 aliphatic carbocycles. The Morgan fingerprint density at radius 3 is 2.59 bits per heavy atom. The second kappa shape index (κ2) is 5.21. The highest BCUT2D eigenvalue weighted by Crippen LogP contribution is 2.29. The molecule has 3 heteroatoms. The maximum Gasteiger partial charge on any atom is 0.224 e. The van der Waals surface area contributed by atoms with E-state index < -0.39 is 0 Å². The quantitative estimate of drug-likeness (QED) is 0.781. The van der Waals surface area contributed by atoms with Crippen LogP contribution >= 0.6 is 0 Å². The first-order valence-corrected chi connectivity index (χ1v) is 6.29. The summed E-state index contributed by atoms with van der Waals surface area (Å²) in [5.74, 6) is 0.791. The van der Waals surface area contributed by atoms with E-state index in [0.29, 0.717) is 18.4 Å². The van der Waals surface area contributed by atoms with Gasteiger partial charge in [0.1, 0.15) is 0 Å². The van der Waals surface area contributed by atoms with Gasteiger partial charge in [-0.1, -0.05) is 18.6 Å². The fraction of sp³-hybridized carbons (Fsp3) is 0.500. The van der Waals surface area contributed by atoms with Gasteiger partial charge >= 0.3 is 0 Å². The van der Waals surface area contributed by atoms with E-state index >= 15 is 0 Å². The van der Waals surface area contributed by atoms with Crippen LogP contribution in [-0.4, -0.2) is 11.9 Å². The zero-order chi connectivity index (χ0) is 12.3. The van der Waals surface area contributed by atoms with Crippen molar-refractivity contribution in [3.05, 3.63) is 29.8 Å². The average Bonchev–Trinajstić information content (AvgIpc) is 2.18. The normalized spacial score (nSPS) is 17.2. The summed E-state index contributed by atoms with van der Waals surface area (Å²) in [5, 5.41) is 3.07. The molecule has 1 aliphatic rings. The number of carbonyl (C=O) groups is 1. The van der Waals surface area contributed by atoms with Crippen molar-refractivity contribution in [2.45, 2.75) is 38.6 Å². The summed E-state index contributed by atoms with van der Waals surface area (Å²) in [7, 11) is 0. The van der Waals surface area contributed by atoms with Crippen molar-refractivity contribution in [2.24, 2.45) is 5.92 Å². The third-order valence-electron chi connectivity index (χ3n) is 3.59. The average molecular weight is 232 g/mol. The number of carbonyl (C=O) groups excluding carboxylic acids is 1. The first-order chi connectivity index (χ1) is 8.15. The zero-order valence-electron chi connectivity index (χ0n) is 10.3. The molecule has 0 bridgehead atoms. The summed E-state index contributed by atoms with van der Waals surface area (Å²) >= 11 is 0. The highest BCUT2D eigenvalue weighted by atomic mass is 16.1. The van der Waals surface area contributed by atoms with Crippen LogP contribution in [0.4, 0.5) is 5.69 Å². The second-order valence-electron chi connectivity index (χ2n) is 4.97. The van der Waals surface area contributed by atoms with Crippen LogP contribution < -0.4 is 11.1 Å². The number of benzene rings is 1. The predicted octanol–water partition coefficient (Wildman–Crippen LogP) is 2.12. The van der Waals surface area contributed by atoms with Gasteiger partial charge in [0.05, 0.1) is 6.42 Å². The Bertz CT molecular complexity index is 382. The molecule has 1 aromatic carbocycles. The van der Waals surface area contributed by atoms with Crippen LogP contribution in [0, 0.1) is 5.92 Å². The Morgan fingerprint density at radius 1 is 1.41 bits per heavy atom. The van der Waals surface area contributed by atoms with E-state index in [1.54, 1.807) is 0 Å². The molecule has 1 unspecified atom stereocenters. The molecule has 3 nitrogen and oxygen atoms in total. The van der Waals surface area contributed by atoms with Crippen molar-refractivity contribution in [3.8, 4) is 0 Å². The molecule has 0 saturated heterocycles. The van der Waals surface area contributed by atoms with Gasteiger partial charge in [-0.15, -0.1) is 0 Å². The smallest absolute Gasteiger partial charge is 0.224 e. The first-order valence-electron chi connectivity index (χ1n) is 6.29. The minimum atomic E-state index is 0.106. The third-order valence-corrected chi connectivity index (χ3v) is 3.59. The lowest BCUT2D eigenvalue weighted by molar-refractivity contribution is -0.121. The van der Waals surface area contributed by atoms with Crippen molar-refractivity contribution in [1.29, 1.82) is 0 Å². The van der Waals surface area contributed by atoms with Crippen LogP contribution in [0.3, 0.4) is 0 Å². The van der Waals surface area contributed by atoms with Gasteiger partial charge in [0.15, 0.2) is 0 Å². The lowest BCUT2D eigenvalue weighted by Crippen LogP contribution is -2.41. The van der Waals surface area contributed by atoms with Crippen LogP contribution in [0.25, 0.3) is 0 Å². The summed E-state index contributed by atoms with van der Waals surface area (Å²) in [6.07, 6.45) is 4.26. The zero-order valence-corrected chi connectivity index (χ0v) is 10.3. The number of nitrogens with one attached hydrogen (secondary N) is 1. The SMILES string of the molecule is CC(NC(=O)Cc1ccc(N)cc1)C1CCC1. The molecule has 1 saturated carbocycles. The highest BCUT2D eigenvalue weighted by molar-refractivity contribution is 5.79. The highest BCUT2D eigenvalue weighted by Gasteiger charge is 2.24. The van der Waals surface area contributed by atoms with Crippen molar-refractivity contribution in [1.82, 2.24) is 5.32 Å². The summed E-state index contributed by atoms with van der Waals surface area (Å²) in [5.41, 5.74) is 7.35. The largest absolute Gasteiger partial charge is 0.399 e. The van der Waals surface area contributed by atoms with Gasteiger partial charge in [0.25, 0.3) is 0 Å². The molecule has 92 valence electrons. The Balaban J connectivity index is 1.82. The maximum atomic E-state index is 11.8. The Hall–Kier alpha value is -1.51. The molecule has 0 spiro atoms. The molecule has 0 heterocycles. The van der Waals surface area contributed by atoms with Gasteiger partial charge in [0.2, 0.25) is 5.91 Å². The number of rotatable bonds is 4. The lowest BCUT2D eigenvalue weighted by atomic mass is 9.80. The Labute approximate surface area is 102 Å². The van der Waals surface area contributed by atoms with E-state index in [9.17, 15) is 4.79 Å². The molecule has 0 radical (unpaired) electrons. The number of nitrogen functional groups attached to an aromatic ring is 1. The molecular formula is C14H20N2O. The number of hydrogen-bond acceptors (Lipinski definition) is 2. The fourth-order valence-electron chi connectivity index (χ4n) is 2.18. The van der Waals surface area contributed by atoms with E-state index in [1.165, 1.54) is 19.3 Å². The lowest BCUT2D eigenvalue weighted by Gasteiger charge is -2.31. The van der Waals surface area contributed by atoms with Crippen molar-refractivity contribution in [2.75, 3.05) is 5.73 Å². The van der Waals surface area contributed by atoms with Crippen molar-refractivity contribution >= 4 is 11.6 Å². The van der Waals surface area contributed by atoms with Crippen LogP contribution in [0.1, 0.15) is 31.7 Å². The number of amides is 1. The molecule has 2 rings (SSSR count). The van der Waals surface area contributed by atoms with Crippen LogP contribution in [-0.2, 0) is 11.2 Å². The van der Waals surface area contributed by atoms with Gasteiger partial charge in [-0.3, -0.25) is 4.79 Å². The van der Waals surface area contributed by atoms with E-state index in [1.807, 2.05) is 24.3 Å².